The Morgan fingerprint density at radius 2 is 1.86 bits per heavy atom. The average molecular weight is 293 g/mol. The molecule has 0 aliphatic heterocycles. The smallest absolute Gasteiger partial charge is 0.337 e. The number of hydrogen-bond acceptors (Lipinski definition) is 5. The van der Waals surface area contributed by atoms with Crippen LogP contribution in [0.2, 0.25) is 0 Å². The number of nitrogens with two attached hydrogens (primary N) is 1. The zero-order valence-corrected chi connectivity index (χ0v) is 12.9. The van der Waals surface area contributed by atoms with Crippen LogP contribution in [0.25, 0.3) is 0 Å². The summed E-state index contributed by atoms with van der Waals surface area (Å²) in [6.07, 6.45) is 4.25. The molecule has 5 heteroatoms. The monoisotopic (exact) mass is 293 g/mol. The van der Waals surface area contributed by atoms with Gasteiger partial charge in [-0.05, 0) is 25.0 Å². The molecule has 0 aromatic heterocycles. The zero-order chi connectivity index (χ0) is 15.5. The molecule has 0 saturated heterocycles. The molecule has 0 heterocycles. The van der Waals surface area contributed by atoms with Crippen molar-refractivity contribution >= 4 is 5.97 Å². The van der Waals surface area contributed by atoms with E-state index >= 15 is 0 Å². The summed E-state index contributed by atoms with van der Waals surface area (Å²) in [5.41, 5.74) is 7.32. The van der Waals surface area contributed by atoms with Crippen LogP contribution >= 0.6 is 0 Å². The van der Waals surface area contributed by atoms with Gasteiger partial charge in [0.2, 0.25) is 0 Å². The van der Waals surface area contributed by atoms with E-state index in [1.165, 1.54) is 7.11 Å². The van der Waals surface area contributed by atoms with E-state index in [2.05, 4.69) is 0 Å². The molecule has 0 unspecified atom stereocenters. The zero-order valence-electron chi connectivity index (χ0n) is 12.9. The normalized spacial score (nSPS) is 16.6. The molecule has 1 saturated carbocycles. The third-order valence-corrected chi connectivity index (χ3v) is 4.42. The Hall–Kier alpha value is -1.75. The van der Waals surface area contributed by atoms with Crippen LogP contribution in [0.1, 0.15) is 41.6 Å². The van der Waals surface area contributed by atoms with E-state index in [9.17, 15) is 4.79 Å². The maximum absolute atomic E-state index is 11.9. The largest absolute Gasteiger partial charge is 0.493 e. The summed E-state index contributed by atoms with van der Waals surface area (Å²) >= 11 is 0. The minimum Gasteiger partial charge on any atom is -0.493 e. The van der Waals surface area contributed by atoms with E-state index in [1.54, 1.807) is 20.3 Å². The number of rotatable bonds is 5. The van der Waals surface area contributed by atoms with Crippen LogP contribution in [0.15, 0.2) is 12.1 Å². The summed E-state index contributed by atoms with van der Waals surface area (Å²) in [5.74, 6) is 0.815. The first kappa shape index (κ1) is 15.6. The van der Waals surface area contributed by atoms with Crippen LogP contribution in [-0.2, 0) is 10.2 Å². The van der Waals surface area contributed by atoms with Crippen molar-refractivity contribution in [3.8, 4) is 11.5 Å². The van der Waals surface area contributed by atoms with Crippen LogP contribution in [0.5, 0.6) is 11.5 Å². The Balaban J connectivity index is 2.63. The van der Waals surface area contributed by atoms with Crippen molar-refractivity contribution in [2.24, 2.45) is 5.73 Å². The fourth-order valence-electron chi connectivity index (χ4n) is 3.23. The molecule has 1 aliphatic rings. The van der Waals surface area contributed by atoms with Crippen LogP contribution in [0.3, 0.4) is 0 Å². The van der Waals surface area contributed by atoms with Crippen molar-refractivity contribution in [2.45, 2.75) is 31.1 Å². The highest BCUT2D eigenvalue weighted by Gasteiger charge is 2.38. The molecule has 2 rings (SSSR count). The van der Waals surface area contributed by atoms with Gasteiger partial charge in [0, 0.05) is 17.5 Å². The van der Waals surface area contributed by atoms with Gasteiger partial charge in [-0.2, -0.15) is 0 Å². The van der Waals surface area contributed by atoms with Crippen LogP contribution in [0, 0.1) is 0 Å². The minimum absolute atomic E-state index is 0.150. The number of hydrogen-bond donors (Lipinski definition) is 1. The third-order valence-electron chi connectivity index (χ3n) is 4.42. The van der Waals surface area contributed by atoms with Crippen LogP contribution < -0.4 is 15.2 Å². The van der Waals surface area contributed by atoms with E-state index in [0.717, 1.165) is 31.2 Å². The van der Waals surface area contributed by atoms with Gasteiger partial charge in [0.05, 0.1) is 26.9 Å². The number of carbonyl (C=O) groups excluding carboxylic acids is 1. The molecule has 21 heavy (non-hydrogen) atoms. The van der Waals surface area contributed by atoms with Crippen LogP contribution in [0.4, 0.5) is 0 Å². The van der Waals surface area contributed by atoms with Crippen molar-refractivity contribution in [1.29, 1.82) is 0 Å². The Kier molecular flexibility index (Phi) is 4.73. The van der Waals surface area contributed by atoms with E-state index in [-0.39, 0.29) is 11.4 Å². The summed E-state index contributed by atoms with van der Waals surface area (Å²) in [7, 11) is 4.54. The van der Waals surface area contributed by atoms with Gasteiger partial charge in [-0.15, -0.1) is 0 Å². The molecule has 0 spiro atoms. The standard InChI is InChI=1S/C16H23NO4/c1-19-13-9-11(15(18)21-3)8-12(14(13)20-2)16(10-17)6-4-5-7-16/h8-9H,4-7,10,17H2,1-3H3. The lowest BCUT2D eigenvalue weighted by atomic mass is 9.77. The SMILES string of the molecule is COC(=O)c1cc(OC)c(OC)c(C2(CN)CCCC2)c1. The maximum Gasteiger partial charge on any atom is 0.337 e. The lowest BCUT2D eigenvalue weighted by Crippen LogP contribution is -2.32. The average Bonchev–Trinajstić information content (AvgIpc) is 3.02. The van der Waals surface area contributed by atoms with E-state index in [0.29, 0.717) is 23.6 Å². The van der Waals surface area contributed by atoms with Gasteiger partial charge in [-0.25, -0.2) is 4.79 Å². The molecule has 1 aromatic rings. The van der Waals surface area contributed by atoms with Gasteiger partial charge in [-0.3, -0.25) is 0 Å². The molecular weight excluding hydrogens is 270 g/mol. The molecular formula is C16H23NO4. The molecule has 1 aliphatic carbocycles. The fourth-order valence-corrected chi connectivity index (χ4v) is 3.23. The summed E-state index contributed by atoms with van der Waals surface area (Å²) in [6.45, 7) is 0.525. The Labute approximate surface area is 125 Å². The van der Waals surface area contributed by atoms with Crippen molar-refractivity contribution in [3.63, 3.8) is 0 Å². The van der Waals surface area contributed by atoms with Crippen molar-refractivity contribution < 1.29 is 19.0 Å². The molecule has 0 amide bonds. The highest BCUT2D eigenvalue weighted by atomic mass is 16.5. The number of esters is 1. The van der Waals surface area contributed by atoms with Gasteiger partial charge in [0.25, 0.3) is 0 Å². The summed E-state index contributed by atoms with van der Waals surface area (Å²) in [4.78, 5) is 11.9. The fraction of sp³-hybridized carbons (Fsp3) is 0.562. The van der Waals surface area contributed by atoms with Gasteiger partial charge >= 0.3 is 5.97 Å². The molecule has 116 valence electrons. The van der Waals surface area contributed by atoms with E-state index < -0.39 is 0 Å². The third kappa shape index (κ3) is 2.70. The lowest BCUT2D eigenvalue weighted by molar-refractivity contribution is 0.0600. The number of carbonyl (C=O) groups is 1. The van der Waals surface area contributed by atoms with Crippen molar-refractivity contribution in [2.75, 3.05) is 27.9 Å². The van der Waals surface area contributed by atoms with E-state index in [4.69, 9.17) is 19.9 Å². The second-order valence-electron chi connectivity index (χ2n) is 5.44. The highest BCUT2D eigenvalue weighted by molar-refractivity contribution is 5.90. The van der Waals surface area contributed by atoms with Crippen molar-refractivity contribution in [3.05, 3.63) is 23.3 Å². The second-order valence-corrected chi connectivity index (χ2v) is 5.44. The first-order valence-electron chi connectivity index (χ1n) is 7.16. The predicted molar refractivity (Wildman–Crippen MR) is 80.1 cm³/mol. The lowest BCUT2D eigenvalue weighted by Gasteiger charge is -2.30. The summed E-state index contributed by atoms with van der Waals surface area (Å²) in [6, 6.07) is 3.48. The summed E-state index contributed by atoms with van der Waals surface area (Å²) < 4.78 is 15.8. The first-order chi connectivity index (χ1) is 10.1. The second kappa shape index (κ2) is 6.35. The molecule has 0 bridgehead atoms. The Morgan fingerprint density at radius 1 is 1.19 bits per heavy atom. The molecule has 1 fully saturated rings. The maximum atomic E-state index is 11.9. The van der Waals surface area contributed by atoms with Crippen molar-refractivity contribution in [1.82, 2.24) is 0 Å². The number of methoxy groups -OCH3 is 3. The summed E-state index contributed by atoms with van der Waals surface area (Å²) in [5, 5.41) is 0. The molecule has 1 aromatic carbocycles. The number of benzene rings is 1. The quantitative estimate of drug-likeness (QED) is 0.843. The van der Waals surface area contributed by atoms with Gasteiger partial charge in [0.1, 0.15) is 0 Å². The number of ether oxygens (including phenoxy) is 3. The van der Waals surface area contributed by atoms with Gasteiger partial charge in [-0.1, -0.05) is 12.8 Å². The van der Waals surface area contributed by atoms with Crippen LogP contribution in [-0.4, -0.2) is 33.8 Å². The molecule has 5 nitrogen and oxygen atoms in total. The van der Waals surface area contributed by atoms with Gasteiger partial charge < -0.3 is 19.9 Å². The van der Waals surface area contributed by atoms with E-state index in [1.807, 2.05) is 6.07 Å². The molecule has 0 atom stereocenters. The topological polar surface area (TPSA) is 70.8 Å². The first-order valence-corrected chi connectivity index (χ1v) is 7.16. The Morgan fingerprint density at radius 3 is 2.33 bits per heavy atom. The molecule has 2 N–H and O–H groups in total. The minimum atomic E-state index is -0.387. The predicted octanol–water partition coefficient (Wildman–Crippen LogP) is 2.26. The highest BCUT2D eigenvalue weighted by Crippen LogP contribution is 2.47. The Bertz CT molecular complexity index is 521. The van der Waals surface area contributed by atoms with Gasteiger partial charge in [0.15, 0.2) is 11.5 Å². The molecule has 0 radical (unpaired) electrons.